The summed E-state index contributed by atoms with van der Waals surface area (Å²) in [5, 5.41) is 14.6. The van der Waals surface area contributed by atoms with Gasteiger partial charge in [-0.2, -0.15) is 0 Å². The molecule has 2 aromatic carbocycles. The monoisotopic (exact) mass is 295 g/mol. The molecule has 0 aliphatic carbocycles. The zero-order chi connectivity index (χ0) is 15.2. The van der Waals surface area contributed by atoms with Gasteiger partial charge in [0.15, 0.2) is 0 Å². The van der Waals surface area contributed by atoms with Crippen LogP contribution in [0.4, 0.5) is 5.69 Å². The summed E-state index contributed by atoms with van der Waals surface area (Å²) in [5.74, 6) is -0.430. The fraction of sp³-hybridized carbons (Fsp3) is 0.188. The molecular weight excluding hydrogens is 281 g/mol. The van der Waals surface area contributed by atoms with E-state index in [1.54, 1.807) is 11.3 Å². The third-order valence-electron chi connectivity index (χ3n) is 3.34. The molecule has 2 radical (unpaired) electrons. The van der Waals surface area contributed by atoms with Crippen molar-refractivity contribution in [2.45, 2.75) is 19.4 Å². The molecule has 0 saturated heterocycles. The first-order valence-corrected chi connectivity index (χ1v) is 7.42. The minimum atomic E-state index is -1.41. The molecule has 104 valence electrons. The molecule has 1 heterocycles. The van der Waals surface area contributed by atoms with Gasteiger partial charge in [-0.15, -0.1) is 11.3 Å². The summed E-state index contributed by atoms with van der Waals surface area (Å²) in [6.45, 7) is 2.92. The third-order valence-corrected chi connectivity index (χ3v) is 4.58. The van der Waals surface area contributed by atoms with Crippen LogP contribution in [0.25, 0.3) is 20.2 Å². The highest BCUT2D eigenvalue weighted by Crippen LogP contribution is 2.34. The normalized spacial score (nSPS) is 12.0. The standard InChI is InChI=1S/C16H14BNO2S/c1-16(2,20)15(19)18-9-6-7-13-11(8-9)10-4-3-5-12(17)14(10)21-13/h3-8,20H,1-2H3,(H,18,19). The summed E-state index contributed by atoms with van der Waals surface area (Å²) >= 11 is 1.63. The van der Waals surface area contributed by atoms with Gasteiger partial charge in [0.2, 0.25) is 0 Å². The van der Waals surface area contributed by atoms with Crippen molar-refractivity contribution < 1.29 is 9.90 Å². The predicted molar refractivity (Wildman–Crippen MR) is 89.6 cm³/mol. The van der Waals surface area contributed by atoms with E-state index in [0.717, 1.165) is 25.6 Å². The lowest BCUT2D eigenvalue weighted by Gasteiger charge is -2.16. The topological polar surface area (TPSA) is 49.3 Å². The maximum absolute atomic E-state index is 11.8. The Morgan fingerprint density at radius 1 is 1.24 bits per heavy atom. The fourth-order valence-electron chi connectivity index (χ4n) is 2.18. The van der Waals surface area contributed by atoms with Crippen LogP contribution < -0.4 is 10.8 Å². The molecule has 1 aromatic heterocycles. The molecule has 3 aromatic rings. The van der Waals surface area contributed by atoms with Crippen molar-refractivity contribution in [1.82, 2.24) is 0 Å². The molecule has 0 spiro atoms. The number of rotatable bonds is 2. The minimum Gasteiger partial charge on any atom is -0.381 e. The zero-order valence-electron chi connectivity index (χ0n) is 11.8. The van der Waals surface area contributed by atoms with Crippen LogP contribution in [-0.4, -0.2) is 24.5 Å². The first-order valence-electron chi connectivity index (χ1n) is 6.61. The van der Waals surface area contributed by atoms with Gasteiger partial charge >= 0.3 is 0 Å². The first-order chi connectivity index (χ1) is 9.86. The van der Waals surface area contributed by atoms with E-state index >= 15 is 0 Å². The van der Waals surface area contributed by atoms with E-state index in [9.17, 15) is 9.90 Å². The number of anilines is 1. The summed E-state index contributed by atoms with van der Waals surface area (Å²) in [4.78, 5) is 11.8. The van der Waals surface area contributed by atoms with Gasteiger partial charge < -0.3 is 10.4 Å². The van der Waals surface area contributed by atoms with Crippen molar-refractivity contribution in [1.29, 1.82) is 0 Å². The number of fused-ring (bicyclic) bond motifs is 3. The maximum atomic E-state index is 11.8. The number of thiophene rings is 1. The largest absolute Gasteiger partial charge is 0.381 e. The SMILES string of the molecule is [B]c1cccc2c1sc1ccc(NC(=O)C(C)(C)O)cc12. The van der Waals surface area contributed by atoms with Gasteiger partial charge in [-0.1, -0.05) is 23.7 Å². The number of hydrogen-bond acceptors (Lipinski definition) is 3. The Morgan fingerprint density at radius 2 is 2.00 bits per heavy atom. The lowest BCUT2D eigenvalue weighted by atomic mass is 9.94. The lowest BCUT2D eigenvalue weighted by Crippen LogP contribution is -2.36. The van der Waals surface area contributed by atoms with Crippen LogP contribution in [0.3, 0.4) is 0 Å². The summed E-state index contributed by atoms with van der Waals surface area (Å²) in [7, 11) is 6.00. The van der Waals surface area contributed by atoms with E-state index in [1.165, 1.54) is 13.8 Å². The Bertz CT molecular complexity index is 848. The van der Waals surface area contributed by atoms with E-state index in [0.29, 0.717) is 5.69 Å². The highest BCUT2D eigenvalue weighted by molar-refractivity contribution is 7.26. The number of hydrogen-bond donors (Lipinski definition) is 2. The van der Waals surface area contributed by atoms with Crippen LogP contribution in [0.1, 0.15) is 13.8 Å². The second kappa shape index (κ2) is 4.86. The molecule has 5 heteroatoms. The second-order valence-corrected chi connectivity index (χ2v) is 6.60. The van der Waals surface area contributed by atoms with E-state index in [1.807, 2.05) is 36.4 Å². The second-order valence-electron chi connectivity index (χ2n) is 5.55. The lowest BCUT2D eigenvalue weighted by molar-refractivity contribution is -0.130. The van der Waals surface area contributed by atoms with Crippen LogP contribution in [-0.2, 0) is 4.79 Å². The van der Waals surface area contributed by atoms with Crippen LogP contribution in [0, 0.1) is 0 Å². The summed E-state index contributed by atoms with van der Waals surface area (Å²) < 4.78 is 2.17. The van der Waals surface area contributed by atoms with Gasteiger partial charge in [0.25, 0.3) is 5.91 Å². The number of nitrogens with one attached hydrogen (secondary N) is 1. The zero-order valence-corrected chi connectivity index (χ0v) is 12.6. The predicted octanol–water partition coefficient (Wildman–Crippen LogP) is 2.56. The number of benzene rings is 2. The van der Waals surface area contributed by atoms with E-state index in [2.05, 4.69) is 5.32 Å². The first kappa shape index (κ1) is 14.1. The Morgan fingerprint density at radius 3 is 2.71 bits per heavy atom. The van der Waals surface area contributed by atoms with Crippen LogP contribution in [0.2, 0.25) is 0 Å². The quantitative estimate of drug-likeness (QED) is 0.714. The van der Waals surface area contributed by atoms with Crippen LogP contribution in [0.15, 0.2) is 36.4 Å². The molecule has 0 aliphatic heterocycles. The molecule has 0 saturated carbocycles. The average Bonchev–Trinajstić information content (AvgIpc) is 2.77. The molecule has 1 amide bonds. The molecule has 0 aliphatic rings. The Labute approximate surface area is 128 Å². The van der Waals surface area contributed by atoms with Crippen molar-refractivity contribution in [3.63, 3.8) is 0 Å². The Balaban J connectivity index is 2.10. The van der Waals surface area contributed by atoms with Gasteiger partial charge in [-0.3, -0.25) is 4.79 Å². The number of carbonyl (C=O) groups is 1. The highest BCUT2D eigenvalue weighted by atomic mass is 32.1. The van der Waals surface area contributed by atoms with E-state index in [-0.39, 0.29) is 0 Å². The molecule has 3 nitrogen and oxygen atoms in total. The summed E-state index contributed by atoms with van der Waals surface area (Å²) in [5.41, 5.74) is 0.0170. The van der Waals surface area contributed by atoms with Gasteiger partial charge in [0, 0.05) is 20.5 Å². The number of amides is 1. The minimum absolute atomic E-state index is 0.430. The molecule has 21 heavy (non-hydrogen) atoms. The third kappa shape index (κ3) is 2.54. The summed E-state index contributed by atoms with van der Waals surface area (Å²) in [6, 6.07) is 11.5. The van der Waals surface area contributed by atoms with Crippen molar-refractivity contribution in [3.8, 4) is 0 Å². The number of carbonyl (C=O) groups excluding carboxylic acids is 1. The van der Waals surface area contributed by atoms with E-state index < -0.39 is 11.5 Å². The van der Waals surface area contributed by atoms with Gasteiger partial charge in [0.05, 0.1) is 0 Å². The smallest absolute Gasteiger partial charge is 0.255 e. The molecule has 3 rings (SSSR count). The molecule has 0 bridgehead atoms. The van der Waals surface area contributed by atoms with Gasteiger partial charge in [-0.05, 0) is 37.4 Å². The molecule has 2 N–H and O–H groups in total. The maximum Gasteiger partial charge on any atom is 0.255 e. The van der Waals surface area contributed by atoms with Crippen molar-refractivity contribution in [2.24, 2.45) is 0 Å². The summed E-state index contributed by atoms with van der Waals surface area (Å²) in [6.07, 6.45) is 0. The van der Waals surface area contributed by atoms with E-state index in [4.69, 9.17) is 7.85 Å². The fourth-order valence-corrected chi connectivity index (χ4v) is 3.29. The van der Waals surface area contributed by atoms with Crippen molar-refractivity contribution in [3.05, 3.63) is 36.4 Å². The van der Waals surface area contributed by atoms with Crippen molar-refractivity contribution >= 4 is 56.4 Å². The van der Waals surface area contributed by atoms with Crippen molar-refractivity contribution in [2.75, 3.05) is 5.32 Å². The van der Waals surface area contributed by atoms with Gasteiger partial charge in [-0.25, -0.2) is 0 Å². The number of aliphatic hydroxyl groups is 1. The molecule has 0 atom stereocenters. The average molecular weight is 295 g/mol. The molecule has 0 fully saturated rings. The van der Waals surface area contributed by atoms with Gasteiger partial charge in [0.1, 0.15) is 13.4 Å². The van der Waals surface area contributed by atoms with Crippen LogP contribution >= 0.6 is 11.3 Å². The molecule has 0 unspecified atom stereocenters. The van der Waals surface area contributed by atoms with Crippen LogP contribution in [0.5, 0.6) is 0 Å². The molecular formula is C16H14BNO2S. The highest BCUT2D eigenvalue weighted by Gasteiger charge is 2.23. The Kier molecular flexibility index (Phi) is 3.27. The Hall–Kier alpha value is -1.85.